The third-order valence-corrected chi connectivity index (χ3v) is 8.85. The summed E-state index contributed by atoms with van der Waals surface area (Å²) in [5.41, 5.74) is 1.27. The van der Waals surface area contributed by atoms with Crippen LogP contribution >= 0.6 is 0 Å². The van der Waals surface area contributed by atoms with Gasteiger partial charge in [-0.15, -0.1) is 0 Å². The molecule has 0 bridgehead atoms. The van der Waals surface area contributed by atoms with E-state index in [0.717, 1.165) is 16.7 Å². The van der Waals surface area contributed by atoms with E-state index in [2.05, 4.69) is 33.9 Å². The van der Waals surface area contributed by atoms with Crippen LogP contribution in [0, 0.1) is 0 Å². The lowest BCUT2D eigenvalue weighted by Gasteiger charge is -2.35. The van der Waals surface area contributed by atoms with Gasteiger partial charge in [0, 0.05) is 5.39 Å². The molecule has 0 saturated heterocycles. The molecule has 0 unspecified atom stereocenters. The summed E-state index contributed by atoms with van der Waals surface area (Å²) in [6, 6.07) is 7.20. The number of carbonyl (C=O) groups excluding carboxylic acids is 1. The van der Waals surface area contributed by atoms with Crippen LogP contribution in [0.15, 0.2) is 28.7 Å². The summed E-state index contributed by atoms with van der Waals surface area (Å²) in [6.07, 6.45) is 0. The summed E-state index contributed by atoms with van der Waals surface area (Å²) >= 11 is 0. The first kappa shape index (κ1) is 16.8. The van der Waals surface area contributed by atoms with Gasteiger partial charge < -0.3 is 13.6 Å². The minimum Gasteiger partial charge on any atom is -0.465 e. The molecule has 0 saturated carbocycles. The molecule has 5 heteroatoms. The van der Waals surface area contributed by atoms with Crippen molar-refractivity contribution >= 4 is 25.3 Å². The number of furan rings is 1. The molecule has 2 rings (SSSR count). The Hall–Kier alpha value is -1.59. The number of benzene rings is 1. The molecule has 2 aromatic rings. The molecule has 1 aromatic heterocycles. The Bertz CT molecular complexity index is 680. The number of methoxy groups -OCH3 is 1. The van der Waals surface area contributed by atoms with Gasteiger partial charge in [-0.05, 0) is 42.4 Å². The quantitative estimate of drug-likeness (QED) is 0.603. The average molecular weight is 320 g/mol. The maximum Gasteiger partial charge on any atom is 0.337 e. The molecule has 4 nitrogen and oxygen atoms in total. The van der Waals surface area contributed by atoms with Gasteiger partial charge in [-0.3, -0.25) is 0 Å². The van der Waals surface area contributed by atoms with E-state index in [9.17, 15) is 4.79 Å². The predicted molar refractivity (Wildman–Crippen MR) is 89.5 cm³/mol. The molecule has 0 radical (unpaired) electrons. The molecule has 0 N–H and O–H groups in total. The number of fused-ring (bicyclic) bond motifs is 1. The Morgan fingerprint density at radius 1 is 1.23 bits per heavy atom. The van der Waals surface area contributed by atoms with Gasteiger partial charge in [-0.25, -0.2) is 4.79 Å². The van der Waals surface area contributed by atoms with E-state index in [-0.39, 0.29) is 11.0 Å². The van der Waals surface area contributed by atoms with Crippen molar-refractivity contribution in [3.63, 3.8) is 0 Å². The van der Waals surface area contributed by atoms with E-state index >= 15 is 0 Å². The van der Waals surface area contributed by atoms with Gasteiger partial charge in [0.1, 0.15) is 11.3 Å². The second-order valence-electron chi connectivity index (χ2n) is 7.01. The zero-order valence-corrected chi connectivity index (χ0v) is 15.1. The molecule has 0 atom stereocenters. The minimum atomic E-state index is -1.81. The largest absolute Gasteiger partial charge is 0.465 e. The van der Waals surface area contributed by atoms with Crippen molar-refractivity contribution in [2.45, 2.75) is 45.5 Å². The van der Waals surface area contributed by atoms with Crippen LogP contribution < -0.4 is 0 Å². The van der Waals surface area contributed by atoms with Gasteiger partial charge in [0.2, 0.25) is 0 Å². The van der Waals surface area contributed by atoms with Crippen LogP contribution in [0.4, 0.5) is 0 Å². The van der Waals surface area contributed by atoms with Crippen LogP contribution in [0.1, 0.15) is 36.9 Å². The standard InChI is InChI=1S/C17H24O4Si/c1-17(2,3)22(5,6)20-11-14-10-13-9-12(16(18)19-4)7-8-15(13)21-14/h7-10H,11H2,1-6H3. The summed E-state index contributed by atoms with van der Waals surface area (Å²) in [5.74, 6) is 0.434. The van der Waals surface area contributed by atoms with Crippen LogP contribution in [0.5, 0.6) is 0 Å². The first-order chi connectivity index (χ1) is 10.1. The van der Waals surface area contributed by atoms with Crippen LogP contribution in [0.3, 0.4) is 0 Å². The molecule has 0 amide bonds. The van der Waals surface area contributed by atoms with E-state index in [1.165, 1.54) is 7.11 Å². The zero-order chi connectivity index (χ0) is 16.5. The Kier molecular flexibility index (Phi) is 4.49. The first-order valence-electron chi connectivity index (χ1n) is 7.39. The summed E-state index contributed by atoms with van der Waals surface area (Å²) < 4.78 is 16.7. The van der Waals surface area contributed by atoms with Crippen LogP contribution in [-0.4, -0.2) is 21.4 Å². The Balaban J connectivity index is 2.18. The number of ether oxygens (including phenoxy) is 1. The summed E-state index contributed by atoms with van der Waals surface area (Å²) in [5, 5.41) is 1.05. The highest BCUT2D eigenvalue weighted by Gasteiger charge is 2.37. The van der Waals surface area contributed by atoms with Crippen molar-refractivity contribution in [2.24, 2.45) is 0 Å². The van der Waals surface area contributed by atoms with Crippen molar-refractivity contribution in [3.8, 4) is 0 Å². The lowest BCUT2D eigenvalue weighted by molar-refractivity contribution is 0.0601. The van der Waals surface area contributed by atoms with E-state index in [1.54, 1.807) is 18.2 Å². The maximum absolute atomic E-state index is 11.6. The van der Waals surface area contributed by atoms with Gasteiger partial charge in [0.25, 0.3) is 0 Å². The van der Waals surface area contributed by atoms with Crippen LogP contribution in [0.2, 0.25) is 18.1 Å². The number of hydrogen-bond donors (Lipinski definition) is 0. The predicted octanol–water partition coefficient (Wildman–Crippen LogP) is 4.74. The lowest BCUT2D eigenvalue weighted by Crippen LogP contribution is -2.40. The van der Waals surface area contributed by atoms with Crippen molar-refractivity contribution < 1.29 is 18.4 Å². The Labute approximate surface area is 132 Å². The third-order valence-electron chi connectivity index (χ3n) is 4.37. The molecule has 22 heavy (non-hydrogen) atoms. The number of carbonyl (C=O) groups is 1. The second-order valence-corrected chi connectivity index (χ2v) is 11.8. The van der Waals surface area contributed by atoms with Crippen molar-refractivity contribution in [1.29, 1.82) is 0 Å². The average Bonchev–Trinajstić information content (AvgIpc) is 2.85. The molecule has 0 aliphatic rings. The molecule has 120 valence electrons. The molecule has 0 fully saturated rings. The number of esters is 1. The second kappa shape index (κ2) is 5.89. The van der Waals surface area contributed by atoms with Gasteiger partial charge in [0.15, 0.2) is 8.32 Å². The Morgan fingerprint density at radius 3 is 2.50 bits per heavy atom. The van der Waals surface area contributed by atoms with E-state index in [1.807, 2.05) is 6.07 Å². The van der Waals surface area contributed by atoms with Crippen LogP contribution in [0.25, 0.3) is 11.0 Å². The fraction of sp³-hybridized carbons (Fsp3) is 0.471. The van der Waals surface area contributed by atoms with E-state index < -0.39 is 8.32 Å². The fourth-order valence-electron chi connectivity index (χ4n) is 1.88. The normalized spacial score (nSPS) is 12.6. The first-order valence-corrected chi connectivity index (χ1v) is 10.3. The highest BCUT2D eigenvalue weighted by atomic mass is 28.4. The zero-order valence-electron chi connectivity index (χ0n) is 14.1. The topological polar surface area (TPSA) is 48.7 Å². The number of hydrogen-bond acceptors (Lipinski definition) is 4. The molecule has 0 spiro atoms. The van der Waals surface area contributed by atoms with Gasteiger partial charge >= 0.3 is 5.97 Å². The highest BCUT2D eigenvalue weighted by molar-refractivity contribution is 6.74. The van der Waals surface area contributed by atoms with Crippen LogP contribution in [-0.2, 0) is 15.8 Å². The minimum absolute atomic E-state index is 0.164. The number of rotatable bonds is 4. The van der Waals surface area contributed by atoms with Crippen molar-refractivity contribution in [1.82, 2.24) is 0 Å². The van der Waals surface area contributed by atoms with Crippen molar-refractivity contribution in [3.05, 3.63) is 35.6 Å². The highest BCUT2D eigenvalue weighted by Crippen LogP contribution is 2.37. The molecular formula is C17H24O4Si. The Morgan fingerprint density at radius 2 is 1.91 bits per heavy atom. The fourth-order valence-corrected chi connectivity index (χ4v) is 2.82. The molecule has 0 aliphatic heterocycles. The monoisotopic (exact) mass is 320 g/mol. The summed E-state index contributed by atoms with van der Waals surface area (Å²) in [6.45, 7) is 11.5. The molecule has 1 aromatic carbocycles. The molecule has 0 aliphatic carbocycles. The van der Waals surface area contributed by atoms with Crippen molar-refractivity contribution in [2.75, 3.05) is 7.11 Å². The molecular weight excluding hydrogens is 296 g/mol. The summed E-state index contributed by atoms with van der Waals surface area (Å²) in [7, 11) is -0.430. The third kappa shape index (κ3) is 3.42. The van der Waals surface area contributed by atoms with E-state index in [4.69, 9.17) is 13.6 Å². The summed E-state index contributed by atoms with van der Waals surface area (Å²) in [4.78, 5) is 11.6. The van der Waals surface area contributed by atoms with Gasteiger partial charge in [0.05, 0.1) is 19.3 Å². The smallest absolute Gasteiger partial charge is 0.337 e. The SMILES string of the molecule is COC(=O)c1ccc2oc(CO[Si](C)(C)C(C)(C)C)cc2c1. The molecule has 1 heterocycles. The van der Waals surface area contributed by atoms with Gasteiger partial charge in [-0.1, -0.05) is 20.8 Å². The van der Waals surface area contributed by atoms with Gasteiger partial charge in [-0.2, -0.15) is 0 Å². The lowest BCUT2D eigenvalue weighted by atomic mass is 10.1. The van der Waals surface area contributed by atoms with E-state index in [0.29, 0.717) is 12.2 Å². The maximum atomic E-state index is 11.6.